The lowest BCUT2D eigenvalue weighted by molar-refractivity contribution is -0.180. The number of carbonyl (C=O) groups is 1. The number of benzene rings is 3. The first-order valence-corrected chi connectivity index (χ1v) is 19.1. The molecule has 3 saturated carbocycles. The average Bonchev–Trinajstić information content (AvgIpc) is 3.49. The second-order valence-electron chi connectivity index (χ2n) is 14.6. The molecule has 0 amide bonds. The van der Waals surface area contributed by atoms with Crippen LogP contribution < -0.4 is 15.0 Å². The van der Waals surface area contributed by atoms with Crippen molar-refractivity contribution in [3.05, 3.63) is 95.1 Å². The Morgan fingerprint density at radius 3 is 2.31 bits per heavy atom. The van der Waals surface area contributed by atoms with E-state index in [1.165, 1.54) is 11.1 Å². The van der Waals surface area contributed by atoms with E-state index in [1.807, 2.05) is 24.3 Å². The zero-order valence-electron chi connectivity index (χ0n) is 27.6. The van der Waals surface area contributed by atoms with Crippen molar-refractivity contribution in [3.8, 4) is 17.6 Å². The van der Waals surface area contributed by atoms with Crippen LogP contribution in [0.25, 0.3) is 0 Å². The van der Waals surface area contributed by atoms with Gasteiger partial charge in [-0.3, -0.25) is 13.8 Å². The zero-order chi connectivity index (χ0) is 33.9. The van der Waals surface area contributed by atoms with Crippen LogP contribution >= 0.6 is 7.82 Å². The molecule has 6 atom stereocenters. The topological polar surface area (TPSA) is 141 Å². The van der Waals surface area contributed by atoms with Gasteiger partial charge in [0.25, 0.3) is 0 Å². The fraction of sp³-hybridized carbons (Fsp3) is 0.487. The Morgan fingerprint density at radius 1 is 0.939 bits per heavy atom. The van der Waals surface area contributed by atoms with E-state index in [0.29, 0.717) is 31.4 Å². The van der Waals surface area contributed by atoms with Gasteiger partial charge in [-0.25, -0.2) is 4.57 Å². The van der Waals surface area contributed by atoms with E-state index in [4.69, 9.17) is 24.0 Å². The van der Waals surface area contributed by atoms with Crippen LogP contribution in [0.4, 0.5) is 0 Å². The van der Waals surface area contributed by atoms with Crippen molar-refractivity contribution in [2.24, 2.45) is 17.6 Å². The number of Topliss-reactive ketones (excluding diaryl/α,β-unsaturated/α-hetero) is 1. The highest BCUT2D eigenvalue weighted by Gasteiger charge is 2.73. The van der Waals surface area contributed by atoms with Crippen LogP contribution in [-0.4, -0.2) is 41.9 Å². The van der Waals surface area contributed by atoms with E-state index in [9.17, 15) is 19.7 Å². The van der Waals surface area contributed by atoms with E-state index in [2.05, 4.69) is 48.5 Å². The molecular weight excluding hydrogens is 639 g/mol. The van der Waals surface area contributed by atoms with Crippen LogP contribution in [0.2, 0.25) is 0 Å². The first-order valence-electron chi connectivity index (χ1n) is 17.6. The van der Waals surface area contributed by atoms with Crippen LogP contribution in [0.1, 0.15) is 80.0 Å². The summed E-state index contributed by atoms with van der Waals surface area (Å²) in [7, 11) is -4.24. The monoisotopic (exact) mass is 682 g/mol. The van der Waals surface area contributed by atoms with Crippen LogP contribution in [0.15, 0.2) is 72.8 Å². The minimum absolute atomic E-state index is 0.0126. The molecule has 1 heterocycles. The molecule has 49 heavy (non-hydrogen) atoms. The standard InChI is InChI=1S/C39H43N2O7P/c40-22-7-23-45-49(44,46-25-26-14-18-37(19-15-26,28-8-3-1-4-9-28)29-10-5-2-6-11-29)48-33-13-12-27-24-30-31(41)16-20-38-34(27)35(33)47-36(38)32(42)17-21-39(30,38)43/h1-6,8-13,26,30-31,36,43H,7,14-21,23-25,41H2. The third-order valence-corrected chi connectivity index (χ3v) is 13.7. The molecule has 9 nitrogen and oxygen atoms in total. The number of phosphoric ester groups is 1. The third-order valence-electron chi connectivity index (χ3n) is 12.4. The van der Waals surface area contributed by atoms with Crippen molar-refractivity contribution in [1.82, 2.24) is 0 Å². The van der Waals surface area contributed by atoms with Crippen molar-refractivity contribution in [2.45, 2.75) is 92.8 Å². The molecule has 256 valence electrons. The number of phosphoric acid groups is 1. The summed E-state index contributed by atoms with van der Waals surface area (Å²) in [6.07, 6.45) is 4.96. The highest BCUT2D eigenvalue weighted by molar-refractivity contribution is 7.48. The van der Waals surface area contributed by atoms with Gasteiger partial charge in [0.2, 0.25) is 0 Å². The van der Waals surface area contributed by atoms with Gasteiger partial charge in [0.05, 0.1) is 36.7 Å². The zero-order valence-corrected chi connectivity index (χ0v) is 28.5. The first-order chi connectivity index (χ1) is 23.7. The van der Waals surface area contributed by atoms with Crippen molar-refractivity contribution >= 4 is 13.6 Å². The SMILES string of the molecule is N#CCCOP(=O)(OCC1CCC(c2ccccc2)(c2ccccc2)CC1)Oc1ccc2c3c1OC1C(=O)CCC4(O)C(C2)C(N)CCC314. The molecule has 10 heteroatoms. The summed E-state index contributed by atoms with van der Waals surface area (Å²) < 4.78 is 38.8. The van der Waals surface area contributed by atoms with E-state index in [1.54, 1.807) is 6.07 Å². The number of hydrogen-bond donors (Lipinski definition) is 2. The van der Waals surface area contributed by atoms with E-state index >= 15 is 0 Å². The minimum Gasteiger partial charge on any atom is -0.477 e. The van der Waals surface area contributed by atoms with Gasteiger partial charge in [-0.1, -0.05) is 66.7 Å². The molecular formula is C39H43N2O7P. The maximum absolute atomic E-state index is 14.4. The molecule has 3 fully saturated rings. The number of hydrogen-bond acceptors (Lipinski definition) is 9. The molecule has 4 aliphatic carbocycles. The molecule has 0 aromatic heterocycles. The Kier molecular flexibility index (Phi) is 8.25. The van der Waals surface area contributed by atoms with Gasteiger partial charge in [-0.05, 0) is 80.0 Å². The largest absolute Gasteiger partial charge is 0.530 e. The van der Waals surface area contributed by atoms with Gasteiger partial charge in [0, 0.05) is 29.4 Å². The molecule has 3 aromatic carbocycles. The summed E-state index contributed by atoms with van der Waals surface area (Å²) in [6, 6.07) is 26.7. The summed E-state index contributed by atoms with van der Waals surface area (Å²) >= 11 is 0. The highest BCUT2D eigenvalue weighted by Crippen LogP contribution is 2.68. The molecule has 6 unspecified atom stereocenters. The lowest BCUT2D eigenvalue weighted by Crippen LogP contribution is -2.73. The fourth-order valence-electron chi connectivity index (χ4n) is 9.96. The normalized spacial score (nSPS) is 30.8. The molecule has 0 radical (unpaired) electrons. The molecule has 3 aromatic rings. The van der Waals surface area contributed by atoms with Gasteiger partial charge >= 0.3 is 7.82 Å². The Hall–Kier alpha value is -3.51. The van der Waals surface area contributed by atoms with Crippen molar-refractivity contribution in [2.75, 3.05) is 13.2 Å². The van der Waals surface area contributed by atoms with Crippen LogP contribution in [0.5, 0.6) is 11.5 Å². The molecule has 5 aliphatic rings. The van der Waals surface area contributed by atoms with Gasteiger partial charge in [0.15, 0.2) is 23.4 Å². The van der Waals surface area contributed by atoms with E-state index < -0.39 is 24.9 Å². The predicted octanol–water partition coefficient (Wildman–Crippen LogP) is 6.68. The summed E-state index contributed by atoms with van der Waals surface area (Å²) in [4.78, 5) is 13.4. The maximum Gasteiger partial charge on any atom is 0.530 e. The summed E-state index contributed by atoms with van der Waals surface area (Å²) in [5.74, 6) is 0.350. The van der Waals surface area contributed by atoms with Crippen molar-refractivity contribution < 1.29 is 32.8 Å². The second kappa shape index (κ2) is 12.4. The molecule has 1 spiro atoms. The van der Waals surface area contributed by atoms with Crippen LogP contribution in [0.3, 0.4) is 0 Å². The van der Waals surface area contributed by atoms with Gasteiger partial charge in [-0.2, -0.15) is 5.26 Å². The third kappa shape index (κ3) is 5.10. The average molecular weight is 683 g/mol. The van der Waals surface area contributed by atoms with Gasteiger partial charge in [0.1, 0.15) is 0 Å². The number of nitrogens with two attached hydrogens (primary N) is 1. The molecule has 0 saturated heterocycles. The number of ether oxygens (including phenoxy) is 1. The Labute approximate surface area is 287 Å². The Balaban J connectivity index is 1.05. The Bertz CT molecular complexity index is 1780. The molecule has 3 N–H and O–H groups in total. The van der Waals surface area contributed by atoms with Crippen LogP contribution in [0, 0.1) is 23.2 Å². The van der Waals surface area contributed by atoms with Crippen molar-refractivity contribution in [3.63, 3.8) is 0 Å². The lowest BCUT2D eigenvalue weighted by Gasteiger charge is -2.61. The molecule has 1 aliphatic heterocycles. The predicted molar refractivity (Wildman–Crippen MR) is 182 cm³/mol. The van der Waals surface area contributed by atoms with Crippen LogP contribution in [-0.2, 0) is 35.7 Å². The van der Waals surface area contributed by atoms with Gasteiger partial charge in [-0.15, -0.1) is 0 Å². The smallest absolute Gasteiger partial charge is 0.477 e. The summed E-state index contributed by atoms with van der Waals surface area (Å²) in [5.41, 5.74) is 8.65. The number of ketones is 1. The number of nitriles is 1. The molecule has 2 bridgehead atoms. The number of nitrogens with zero attached hydrogens (tertiary/aromatic N) is 1. The summed E-state index contributed by atoms with van der Waals surface area (Å²) in [6.45, 7) is 0.0318. The maximum atomic E-state index is 14.4. The van der Waals surface area contributed by atoms with Gasteiger partial charge < -0.3 is 20.1 Å². The van der Waals surface area contributed by atoms with E-state index in [-0.39, 0.29) is 60.9 Å². The van der Waals surface area contributed by atoms with Crippen molar-refractivity contribution in [1.29, 1.82) is 5.26 Å². The minimum atomic E-state index is -4.24. The number of aliphatic hydroxyl groups is 1. The number of carbonyl (C=O) groups excluding carboxylic acids is 1. The first kappa shape index (κ1) is 32.7. The second-order valence-corrected chi connectivity index (χ2v) is 16.2. The fourth-order valence-corrected chi connectivity index (χ4v) is 11.2. The van der Waals surface area contributed by atoms with E-state index in [0.717, 1.165) is 36.8 Å². The molecule has 8 rings (SSSR count). The highest BCUT2D eigenvalue weighted by atomic mass is 31.2. The lowest BCUT2D eigenvalue weighted by atomic mass is 9.45. The number of rotatable bonds is 10. The quantitative estimate of drug-likeness (QED) is 0.177. The summed E-state index contributed by atoms with van der Waals surface area (Å²) in [5, 5.41) is 21.5. The Morgan fingerprint density at radius 2 is 1.63 bits per heavy atom.